The molecular formula is C20H20BrNO4S. The molecular weight excluding hydrogens is 430 g/mol. The second-order valence-electron chi connectivity index (χ2n) is 5.73. The summed E-state index contributed by atoms with van der Waals surface area (Å²) in [4.78, 5) is 13.6. The van der Waals surface area contributed by atoms with Gasteiger partial charge in [0.1, 0.15) is 0 Å². The lowest BCUT2D eigenvalue weighted by atomic mass is 10.1. The van der Waals surface area contributed by atoms with Crippen LogP contribution in [0.25, 0.3) is 16.1 Å². The molecule has 0 unspecified atom stereocenters. The van der Waals surface area contributed by atoms with Crippen LogP contribution in [0.1, 0.15) is 23.0 Å². The summed E-state index contributed by atoms with van der Waals surface area (Å²) in [5.74, 6) is 0.903. The lowest BCUT2D eigenvalue weighted by Gasteiger charge is -2.14. The second kappa shape index (κ2) is 8.19. The summed E-state index contributed by atoms with van der Waals surface area (Å²) in [7, 11) is 3.19. The van der Waals surface area contributed by atoms with Crippen LogP contribution in [0.3, 0.4) is 0 Å². The van der Waals surface area contributed by atoms with E-state index in [4.69, 9.17) is 14.2 Å². The summed E-state index contributed by atoms with van der Waals surface area (Å²) >= 11 is 5.19. The zero-order chi connectivity index (χ0) is 19.6. The van der Waals surface area contributed by atoms with E-state index in [1.54, 1.807) is 32.5 Å². The van der Waals surface area contributed by atoms with Crippen molar-refractivity contribution in [2.24, 2.45) is 0 Å². The average molecular weight is 450 g/mol. The Hall–Kier alpha value is -2.25. The lowest BCUT2D eigenvalue weighted by molar-refractivity contribution is 0.0527. The number of nitrogens with zero attached hydrogens (tertiary/aromatic N) is 1. The number of thiophene rings is 1. The fourth-order valence-corrected chi connectivity index (χ4v) is 4.33. The van der Waals surface area contributed by atoms with Crippen LogP contribution in [0, 0.1) is 6.92 Å². The quantitative estimate of drug-likeness (QED) is 0.468. The summed E-state index contributed by atoms with van der Waals surface area (Å²) < 4.78 is 18.9. The largest absolute Gasteiger partial charge is 0.493 e. The fraction of sp³-hybridized carbons (Fsp3) is 0.250. The first-order valence-corrected chi connectivity index (χ1v) is 10.0. The Morgan fingerprint density at radius 3 is 2.52 bits per heavy atom. The number of hydrogen-bond donors (Lipinski definition) is 0. The van der Waals surface area contributed by atoms with Gasteiger partial charge in [0, 0.05) is 38.9 Å². The normalized spacial score (nSPS) is 10.7. The maximum atomic E-state index is 12.6. The van der Waals surface area contributed by atoms with Crippen LogP contribution in [0.2, 0.25) is 0 Å². The van der Waals surface area contributed by atoms with Crippen molar-refractivity contribution in [2.45, 2.75) is 13.8 Å². The number of ether oxygens (including phenoxy) is 3. The van der Waals surface area contributed by atoms with Crippen LogP contribution in [0.4, 0.5) is 0 Å². The minimum atomic E-state index is -0.334. The number of carbonyl (C=O) groups excluding carboxylic acids is 1. The van der Waals surface area contributed by atoms with Gasteiger partial charge >= 0.3 is 5.97 Å². The number of hydrogen-bond acceptors (Lipinski definition) is 5. The van der Waals surface area contributed by atoms with Crippen molar-refractivity contribution in [2.75, 3.05) is 20.8 Å². The van der Waals surface area contributed by atoms with E-state index >= 15 is 0 Å². The monoisotopic (exact) mass is 449 g/mol. The Balaban J connectivity index is 2.23. The topological polar surface area (TPSA) is 49.7 Å². The molecule has 0 radical (unpaired) electrons. The molecule has 2 heterocycles. The van der Waals surface area contributed by atoms with Crippen molar-refractivity contribution in [1.29, 1.82) is 0 Å². The zero-order valence-corrected chi connectivity index (χ0v) is 17.9. The van der Waals surface area contributed by atoms with Crippen LogP contribution in [0.5, 0.6) is 11.5 Å². The molecule has 0 saturated carbocycles. The highest BCUT2D eigenvalue weighted by molar-refractivity contribution is 9.10. The van der Waals surface area contributed by atoms with E-state index in [0.717, 1.165) is 26.3 Å². The van der Waals surface area contributed by atoms with Crippen molar-refractivity contribution in [3.8, 4) is 27.6 Å². The van der Waals surface area contributed by atoms with Gasteiger partial charge < -0.3 is 18.8 Å². The van der Waals surface area contributed by atoms with Crippen LogP contribution in [-0.4, -0.2) is 31.4 Å². The number of carbonyl (C=O) groups is 1. The lowest BCUT2D eigenvalue weighted by Crippen LogP contribution is -2.04. The summed E-state index contributed by atoms with van der Waals surface area (Å²) in [6, 6.07) is 7.70. The van der Waals surface area contributed by atoms with E-state index in [2.05, 4.69) is 15.9 Å². The summed E-state index contributed by atoms with van der Waals surface area (Å²) in [5.41, 5.74) is 3.20. The van der Waals surface area contributed by atoms with Gasteiger partial charge in [-0.1, -0.05) is 6.07 Å². The first kappa shape index (κ1) is 19.5. The third-order valence-electron chi connectivity index (χ3n) is 4.23. The van der Waals surface area contributed by atoms with Gasteiger partial charge in [0.05, 0.1) is 32.1 Å². The van der Waals surface area contributed by atoms with Crippen molar-refractivity contribution in [1.82, 2.24) is 4.57 Å². The predicted octanol–water partition coefficient (Wildman–Crippen LogP) is 5.47. The second-order valence-corrected chi connectivity index (χ2v) is 7.53. The molecule has 0 fully saturated rings. The number of benzene rings is 1. The molecule has 5 nitrogen and oxygen atoms in total. The molecule has 7 heteroatoms. The molecule has 0 aliphatic carbocycles. The maximum absolute atomic E-state index is 12.6. The Morgan fingerprint density at radius 1 is 1.22 bits per heavy atom. The molecule has 142 valence electrons. The zero-order valence-electron chi connectivity index (χ0n) is 15.5. The fourth-order valence-electron chi connectivity index (χ4n) is 2.98. The first-order chi connectivity index (χ1) is 13.0. The molecule has 27 heavy (non-hydrogen) atoms. The summed E-state index contributed by atoms with van der Waals surface area (Å²) in [6.45, 7) is 4.12. The summed E-state index contributed by atoms with van der Waals surface area (Å²) in [6.07, 6.45) is 1.81. The van der Waals surface area contributed by atoms with Gasteiger partial charge in [-0.25, -0.2) is 4.79 Å². The first-order valence-electron chi connectivity index (χ1n) is 8.36. The Morgan fingerprint density at radius 2 is 1.93 bits per heavy atom. The van der Waals surface area contributed by atoms with Crippen molar-refractivity contribution in [3.63, 3.8) is 0 Å². The molecule has 0 aliphatic heterocycles. The van der Waals surface area contributed by atoms with Crippen LogP contribution < -0.4 is 9.47 Å². The van der Waals surface area contributed by atoms with Crippen molar-refractivity contribution in [3.05, 3.63) is 51.6 Å². The Labute approximate surface area is 170 Å². The van der Waals surface area contributed by atoms with Crippen molar-refractivity contribution >= 4 is 33.2 Å². The standard InChI is InChI=1S/C20H20BrNO4S/c1-5-26-20(23)13-11-22(12(2)19(13)18-7-6-8-27-18)15-10-17(25-4)16(24-3)9-14(15)21/h6-11H,5H2,1-4H3. The van der Waals surface area contributed by atoms with Gasteiger partial charge in [-0.2, -0.15) is 0 Å². The molecule has 2 aromatic heterocycles. The van der Waals surface area contributed by atoms with E-state index in [1.807, 2.05) is 47.3 Å². The highest BCUT2D eigenvalue weighted by Gasteiger charge is 2.23. The van der Waals surface area contributed by atoms with Gasteiger partial charge in [-0.3, -0.25) is 0 Å². The van der Waals surface area contributed by atoms with E-state index in [9.17, 15) is 4.79 Å². The van der Waals surface area contributed by atoms with Crippen LogP contribution in [-0.2, 0) is 4.74 Å². The molecule has 3 aromatic rings. The number of rotatable bonds is 6. The van der Waals surface area contributed by atoms with Crippen LogP contribution in [0.15, 0.2) is 40.3 Å². The number of esters is 1. The number of methoxy groups -OCH3 is 2. The van der Waals surface area contributed by atoms with E-state index in [1.165, 1.54) is 0 Å². The summed E-state index contributed by atoms with van der Waals surface area (Å²) in [5, 5.41) is 1.99. The molecule has 3 rings (SSSR count). The smallest absolute Gasteiger partial charge is 0.340 e. The molecule has 1 aromatic carbocycles. The van der Waals surface area contributed by atoms with Crippen LogP contribution >= 0.6 is 27.3 Å². The van der Waals surface area contributed by atoms with Gasteiger partial charge in [-0.15, -0.1) is 11.3 Å². The third-order valence-corrected chi connectivity index (χ3v) is 5.75. The SMILES string of the molecule is CCOC(=O)c1cn(-c2cc(OC)c(OC)cc2Br)c(C)c1-c1cccs1. The van der Waals surface area contributed by atoms with Gasteiger partial charge in [-0.05, 0) is 41.2 Å². The van der Waals surface area contributed by atoms with Gasteiger partial charge in [0.25, 0.3) is 0 Å². The van der Waals surface area contributed by atoms with E-state index in [-0.39, 0.29) is 5.97 Å². The highest BCUT2D eigenvalue weighted by Crippen LogP contribution is 2.39. The molecule has 0 spiro atoms. The van der Waals surface area contributed by atoms with Gasteiger partial charge in [0.2, 0.25) is 0 Å². The Kier molecular flexibility index (Phi) is 5.92. The Bertz CT molecular complexity index is 963. The van der Waals surface area contributed by atoms with E-state index in [0.29, 0.717) is 23.7 Å². The number of aromatic nitrogens is 1. The molecule has 0 atom stereocenters. The van der Waals surface area contributed by atoms with Gasteiger partial charge in [0.15, 0.2) is 11.5 Å². The minimum absolute atomic E-state index is 0.326. The molecule has 0 amide bonds. The maximum Gasteiger partial charge on any atom is 0.340 e. The number of halogens is 1. The molecule has 0 saturated heterocycles. The minimum Gasteiger partial charge on any atom is -0.493 e. The molecule has 0 bridgehead atoms. The highest BCUT2D eigenvalue weighted by atomic mass is 79.9. The average Bonchev–Trinajstić information content (AvgIpc) is 3.29. The van der Waals surface area contributed by atoms with E-state index < -0.39 is 0 Å². The van der Waals surface area contributed by atoms with Crippen molar-refractivity contribution < 1.29 is 19.0 Å². The predicted molar refractivity (Wildman–Crippen MR) is 111 cm³/mol. The molecule has 0 aliphatic rings. The third kappa shape index (κ3) is 3.61. The molecule has 0 N–H and O–H groups in total.